The number of hydrogen-bond donors (Lipinski definition) is 1. The Balaban J connectivity index is 1.51. The molecule has 1 fully saturated rings. The molecule has 0 aromatic heterocycles. The third-order valence-electron chi connectivity index (χ3n) is 4.95. The number of sulfonamides is 1. The third-order valence-corrected chi connectivity index (χ3v) is 7.35. The smallest absolute Gasteiger partial charge is 0.254 e. The minimum atomic E-state index is -3.51. The fourth-order valence-electron chi connectivity index (χ4n) is 3.15. The minimum absolute atomic E-state index is 0.174. The standard InChI is InChI=1S/C21H25BrN4O3S/c1-16-6-8-20(9-7-16)30(28,29)26-12-10-25(11-13-26)15-21(27)24-23-17(2)18-4-3-5-19(22)14-18/h3-9,14H,10-13,15H2,1-2H3,(H,24,27)/b23-17-. The third kappa shape index (κ3) is 5.75. The molecule has 1 heterocycles. The second-order valence-electron chi connectivity index (χ2n) is 7.24. The lowest BCUT2D eigenvalue weighted by Gasteiger charge is -2.33. The highest BCUT2D eigenvalue weighted by Crippen LogP contribution is 2.18. The van der Waals surface area contributed by atoms with Gasteiger partial charge in [-0.2, -0.15) is 9.41 Å². The van der Waals surface area contributed by atoms with E-state index in [1.165, 1.54) is 4.31 Å². The first-order chi connectivity index (χ1) is 14.3. The number of hydrogen-bond acceptors (Lipinski definition) is 5. The van der Waals surface area contributed by atoms with Gasteiger partial charge in [0.15, 0.2) is 0 Å². The van der Waals surface area contributed by atoms with Crippen LogP contribution in [-0.4, -0.2) is 62.0 Å². The molecule has 0 bridgehead atoms. The summed E-state index contributed by atoms with van der Waals surface area (Å²) in [6, 6.07) is 14.5. The number of hydrazone groups is 1. The predicted octanol–water partition coefficient (Wildman–Crippen LogP) is 2.60. The molecule has 0 saturated carbocycles. The van der Waals surface area contributed by atoms with Crippen molar-refractivity contribution < 1.29 is 13.2 Å². The van der Waals surface area contributed by atoms with Crippen LogP contribution < -0.4 is 5.43 Å². The Kier molecular flexibility index (Phi) is 7.41. The molecule has 1 saturated heterocycles. The number of piperazine rings is 1. The second-order valence-corrected chi connectivity index (χ2v) is 10.1. The summed E-state index contributed by atoms with van der Waals surface area (Å²) in [7, 11) is -3.51. The molecular formula is C21H25BrN4O3S. The van der Waals surface area contributed by atoms with Gasteiger partial charge in [-0.1, -0.05) is 45.8 Å². The van der Waals surface area contributed by atoms with E-state index in [0.717, 1.165) is 15.6 Å². The number of aryl methyl sites for hydroxylation is 1. The fraction of sp³-hybridized carbons (Fsp3) is 0.333. The Morgan fingerprint density at radius 3 is 2.40 bits per heavy atom. The molecule has 0 atom stereocenters. The molecule has 9 heteroatoms. The number of nitrogens with zero attached hydrogens (tertiary/aromatic N) is 3. The molecule has 1 aliphatic heterocycles. The highest BCUT2D eigenvalue weighted by atomic mass is 79.9. The number of amides is 1. The van der Waals surface area contributed by atoms with E-state index in [0.29, 0.717) is 36.8 Å². The molecule has 2 aromatic rings. The summed E-state index contributed by atoms with van der Waals surface area (Å²) in [6.45, 7) is 5.61. The van der Waals surface area contributed by atoms with Crippen LogP contribution in [-0.2, 0) is 14.8 Å². The molecule has 1 N–H and O–H groups in total. The van der Waals surface area contributed by atoms with Crippen LogP contribution in [0.4, 0.5) is 0 Å². The zero-order valence-electron chi connectivity index (χ0n) is 17.0. The van der Waals surface area contributed by atoms with E-state index in [9.17, 15) is 13.2 Å². The van der Waals surface area contributed by atoms with Gasteiger partial charge < -0.3 is 0 Å². The summed E-state index contributed by atoms with van der Waals surface area (Å²) in [5.41, 5.74) is 5.22. The van der Waals surface area contributed by atoms with E-state index >= 15 is 0 Å². The number of rotatable bonds is 6. The molecule has 1 amide bonds. The van der Waals surface area contributed by atoms with E-state index < -0.39 is 10.0 Å². The molecule has 7 nitrogen and oxygen atoms in total. The topological polar surface area (TPSA) is 82.1 Å². The van der Waals surface area contributed by atoms with Crippen molar-refractivity contribution in [3.8, 4) is 0 Å². The number of halogens is 1. The molecule has 0 aliphatic carbocycles. The lowest BCUT2D eigenvalue weighted by Crippen LogP contribution is -2.50. The zero-order chi connectivity index (χ0) is 21.7. The fourth-order valence-corrected chi connectivity index (χ4v) is 4.97. The molecule has 30 heavy (non-hydrogen) atoms. The molecule has 160 valence electrons. The van der Waals surface area contributed by atoms with Crippen molar-refractivity contribution in [3.05, 3.63) is 64.1 Å². The van der Waals surface area contributed by atoms with Crippen LogP contribution in [0.1, 0.15) is 18.1 Å². The number of nitrogens with one attached hydrogen (secondary N) is 1. The van der Waals surface area contributed by atoms with E-state index in [4.69, 9.17) is 0 Å². The number of carbonyl (C=O) groups is 1. The Morgan fingerprint density at radius 2 is 1.77 bits per heavy atom. The van der Waals surface area contributed by atoms with Gasteiger partial charge in [0.2, 0.25) is 10.0 Å². The van der Waals surface area contributed by atoms with Crippen LogP contribution in [0.3, 0.4) is 0 Å². The maximum absolute atomic E-state index is 12.8. The average molecular weight is 493 g/mol. The van der Waals surface area contributed by atoms with Crippen molar-refractivity contribution in [2.45, 2.75) is 18.7 Å². The van der Waals surface area contributed by atoms with Crippen LogP contribution in [0.15, 0.2) is 63.0 Å². The van der Waals surface area contributed by atoms with Gasteiger partial charge in [-0.15, -0.1) is 0 Å². The first-order valence-electron chi connectivity index (χ1n) is 9.64. The Hall–Kier alpha value is -2.07. The second kappa shape index (κ2) is 9.82. The maximum atomic E-state index is 12.8. The van der Waals surface area contributed by atoms with E-state index in [2.05, 4.69) is 26.5 Å². The van der Waals surface area contributed by atoms with Crippen LogP contribution in [0.2, 0.25) is 0 Å². The van der Waals surface area contributed by atoms with Crippen LogP contribution >= 0.6 is 15.9 Å². The highest BCUT2D eigenvalue weighted by Gasteiger charge is 2.28. The molecule has 0 radical (unpaired) electrons. The van der Waals surface area contributed by atoms with Crippen molar-refractivity contribution in [1.29, 1.82) is 0 Å². The maximum Gasteiger partial charge on any atom is 0.254 e. The Morgan fingerprint density at radius 1 is 1.10 bits per heavy atom. The molecule has 0 unspecified atom stereocenters. The van der Waals surface area contributed by atoms with Crippen molar-refractivity contribution in [1.82, 2.24) is 14.6 Å². The Bertz CT molecular complexity index is 1030. The van der Waals surface area contributed by atoms with Gasteiger partial charge in [-0.3, -0.25) is 9.69 Å². The van der Waals surface area contributed by atoms with Crippen LogP contribution in [0.25, 0.3) is 0 Å². The van der Waals surface area contributed by atoms with Crippen molar-refractivity contribution >= 4 is 37.6 Å². The predicted molar refractivity (Wildman–Crippen MR) is 121 cm³/mol. The number of carbonyl (C=O) groups excluding carboxylic acids is 1. The van der Waals surface area contributed by atoms with Gasteiger partial charge in [-0.05, 0) is 43.7 Å². The summed E-state index contributed by atoms with van der Waals surface area (Å²) in [5.74, 6) is -0.223. The first kappa shape index (κ1) is 22.6. The van der Waals surface area contributed by atoms with Gasteiger partial charge in [-0.25, -0.2) is 13.8 Å². The summed E-state index contributed by atoms with van der Waals surface area (Å²) in [6.07, 6.45) is 0. The summed E-state index contributed by atoms with van der Waals surface area (Å²) in [5, 5.41) is 4.17. The summed E-state index contributed by atoms with van der Waals surface area (Å²) < 4.78 is 28.0. The monoisotopic (exact) mass is 492 g/mol. The lowest BCUT2D eigenvalue weighted by atomic mass is 10.1. The van der Waals surface area contributed by atoms with E-state index in [-0.39, 0.29) is 12.5 Å². The SMILES string of the molecule is C/C(=N/NC(=O)CN1CCN(S(=O)(=O)c2ccc(C)cc2)CC1)c1cccc(Br)c1. The minimum Gasteiger partial charge on any atom is -0.292 e. The quantitative estimate of drug-likeness (QED) is 0.496. The molecule has 2 aromatic carbocycles. The van der Waals surface area contributed by atoms with Gasteiger partial charge in [0, 0.05) is 30.7 Å². The van der Waals surface area contributed by atoms with Gasteiger partial charge in [0.05, 0.1) is 17.2 Å². The van der Waals surface area contributed by atoms with Crippen molar-refractivity contribution in [3.63, 3.8) is 0 Å². The van der Waals surface area contributed by atoms with E-state index in [1.807, 2.05) is 43.0 Å². The van der Waals surface area contributed by atoms with Crippen molar-refractivity contribution in [2.75, 3.05) is 32.7 Å². The molecule has 3 rings (SSSR count). The summed E-state index contributed by atoms with van der Waals surface area (Å²) >= 11 is 3.42. The van der Waals surface area contributed by atoms with Crippen LogP contribution in [0.5, 0.6) is 0 Å². The molecule has 0 spiro atoms. The van der Waals surface area contributed by atoms with Gasteiger partial charge >= 0.3 is 0 Å². The highest BCUT2D eigenvalue weighted by molar-refractivity contribution is 9.10. The first-order valence-corrected chi connectivity index (χ1v) is 11.9. The van der Waals surface area contributed by atoms with E-state index in [1.54, 1.807) is 24.3 Å². The lowest BCUT2D eigenvalue weighted by molar-refractivity contribution is -0.122. The average Bonchev–Trinajstić information content (AvgIpc) is 2.73. The van der Waals surface area contributed by atoms with Gasteiger partial charge in [0.1, 0.15) is 0 Å². The zero-order valence-corrected chi connectivity index (χ0v) is 19.4. The van der Waals surface area contributed by atoms with Crippen molar-refractivity contribution in [2.24, 2.45) is 5.10 Å². The molecule has 1 aliphatic rings. The Labute approximate surface area is 185 Å². The van der Waals surface area contributed by atoms with Crippen LogP contribution in [0, 0.1) is 6.92 Å². The van der Waals surface area contributed by atoms with Gasteiger partial charge in [0.25, 0.3) is 5.91 Å². The summed E-state index contributed by atoms with van der Waals surface area (Å²) in [4.78, 5) is 14.5. The largest absolute Gasteiger partial charge is 0.292 e. The molecular weight excluding hydrogens is 468 g/mol. The normalized spacial score (nSPS) is 16.4. The number of benzene rings is 2.